The van der Waals surface area contributed by atoms with Crippen molar-refractivity contribution < 1.29 is 19.1 Å². The molecule has 0 spiro atoms. The lowest BCUT2D eigenvalue weighted by atomic mass is 10.1. The molecule has 0 radical (unpaired) electrons. The standard InChI is InChI=1S/C20H14BrN3O4/c21-13-2-1-3-15(9-13)28-19-7-5-14(10-22-19)23-20(26)12-4-6-17-16(8-12)24-18(25)11-27-17/h1-10H,11H2,(H,23,26)(H,24,25). The zero-order chi connectivity index (χ0) is 19.5. The zero-order valence-electron chi connectivity index (χ0n) is 14.4. The Morgan fingerprint density at radius 3 is 2.86 bits per heavy atom. The molecule has 2 amide bonds. The molecule has 0 unspecified atom stereocenters. The number of fused-ring (bicyclic) bond motifs is 1. The lowest BCUT2D eigenvalue weighted by molar-refractivity contribution is -0.118. The van der Waals surface area contributed by atoms with E-state index < -0.39 is 0 Å². The van der Waals surface area contributed by atoms with Gasteiger partial charge in [0.05, 0.1) is 17.6 Å². The van der Waals surface area contributed by atoms with Crippen LogP contribution in [0.15, 0.2) is 65.3 Å². The van der Waals surface area contributed by atoms with Crippen LogP contribution >= 0.6 is 15.9 Å². The van der Waals surface area contributed by atoms with Crippen LogP contribution in [-0.4, -0.2) is 23.4 Å². The van der Waals surface area contributed by atoms with E-state index in [0.29, 0.717) is 34.3 Å². The van der Waals surface area contributed by atoms with E-state index in [9.17, 15) is 9.59 Å². The SMILES string of the molecule is O=C1COc2ccc(C(=O)Nc3ccc(Oc4cccc(Br)c4)nc3)cc2N1. The van der Waals surface area contributed by atoms with Gasteiger partial charge >= 0.3 is 0 Å². The number of anilines is 2. The van der Waals surface area contributed by atoms with Crippen LogP contribution in [0.1, 0.15) is 10.4 Å². The largest absolute Gasteiger partial charge is 0.482 e. The molecule has 2 N–H and O–H groups in total. The summed E-state index contributed by atoms with van der Waals surface area (Å²) in [5, 5.41) is 5.44. The van der Waals surface area contributed by atoms with Crippen molar-refractivity contribution in [2.24, 2.45) is 0 Å². The van der Waals surface area contributed by atoms with Gasteiger partial charge in [0.2, 0.25) is 5.88 Å². The summed E-state index contributed by atoms with van der Waals surface area (Å²) in [6.45, 7) is -0.0292. The van der Waals surface area contributed by atoms with E-state index in [0.717, 1.165) is 4.47 Å². The minimum Gasteiger partial charge on any atom is -0.482 e. The first-order valence-electron chi connectivity index (χ1n) is 8.34. The van der Waals surface area contributed by atoms with Crippen molar-refractivity contribution in [3.8, 4) is 17.4 Å². The van der Waals surface area contributed by atoms with Crippen molar-refractivity contribution in [1.82, 2.24) is 4.98 Å². The fraction of sp³-hybridized carbons (Fsp3) is 0.0500. The number of carbonyl (C=O) groups excluding carboxylic acids is 2. The van der Waals surface area contributed by atoms with E-state index in [2.05, 4.69) is 31.5 Å². The molecule has 3 aromatic rings. The number of amides is 2. The summed E-state index contributed by atoms with van der Waals surface area (Å²) in [4.78, 5) is 28.1. The molecular formula is C20H14BrN3O4. The predicted molar refractivity (Wildman–Crippen MR) is 107 cm³/mol. The lowest BCUT2D eigenvalue weighted by Gasteiger charge is -2.18. The number of hydrogen-bond acceptors (Lipinski definition) is 5. The number of halogens is 1. The van der Waals surface area contributed by atoms with Crippen LogP contribution < -0.4 is 20.1 Å². The summed E-state index contributed by atoms with van der Waals surface area (Å²) >= 11 is 3.38. The maximum absolute atomic E-state index is 12.5. The maximum Gasteiger partial charge on any atom is 0.262 e. The zero-order valence-corrected chi connectivity index (χ0v) is 16.0. The van der Waals surface area contributed by atoms with Crippen LogP contribution in [0, 0.1) is 0 Å². The van der Waals surface area contributed by atoms with Gasteiger partial charge in [-0.2, -0.15) is 0 Å². The summed E-state index contributed by atoms with van der Waals surface area (Å²) in [5.74, 6) is 1.01. The molecule has 28 heavy (non-hydrogen) atoms. The van der Waals surface area contributed by atoms with E-state index in [1.54, 1.807) is 30.3 Å². The van der Waals surface area contributed by atoms with Crippen LogP contribution in [0.4, 0.5) is 11.4 Å². The smallest absolute Gasteiger partial charge is 0.262 e. The van der Waals surface area contributed by atoms with E-state index in [-0.39, 0.29) is 18.4 Å². The molecule has 2 heterocycles. The molecule has 8 heteroatoms. The second kappa shape index (κ2) is 7.69. The van der Waals surface area contributed by atoms with Crippen LogP contribution in [0.25, 0.3) is 0 Å². The van der Waals surface area contributed by atoms with Gasteiger partial charge in [0, 0.05) is 16.1 Å². The Labute approximate surface area is 168 Å². The monoisotopic (exact) mass is 439 g/mol. The normalized spacial score (nSPS) is 12.4. The first-order chi connectivity index (χ1) is 13.6. The number of carbonyl (C=O) groups is 2. The summed E-state index contributed by atoms with van der Waals surface area (Å²) in [5.41, 5.74) is 1.38. The third-order valence-electron chi connectivity index (χ3n) is 3.89. The van der Waals surface area contributed by atoms with E-state index in [4.69, 9.17) is 9.47 Å². The molecule has 1 aliphatic heterocycles. The fourth-order valence-corrected chi connectivity index (χ4v) is 2.97. The van der Waals surface area contributed by atoms with Gasteiger partial charge in [0.25, 0.3) is 11.8 Å². The fourth-order valence-electron chi connectivity index (χ4n) is 2.59. The first-order valence-corrected chi connectivity index (χ1v) is 9.14. The van der Waals surface area contributed by atoms with Crippen molar-refractivity contribution in [3.63, 3.8) is 0 Å². The van der Waals surface area contributed by atoms with Crippen LogP contribution in [0.3, 0.4) is 0 Å². The Kier molecular flexibility index (Phi) is 4.94. The molecule has 0 atom stereocenters. The van der Waals surface area contributed by atoms with Crippen LogP contribution in [-0.2, 0) is 4.79 Å². The van der Waals surface area contributed by atoms with Crippen LogP contribution in [0.5, 0.6) is 17.4 Å². The highest BCUT2D eigenvalue weighted by molar-refractivity contribution is 9.10. The van der Waals surface area contributed by atoms with E-state index >= 15 is 0 Å². The van der Waals surface area contributed by atoms with Gasteiger partial charge < -0.3 is 20.1 Å². The highest BCUT2D eigenvalue weighted by Gasteiger charge is 2.18. The highest BCUT2D eigenvalue weighted by Crippen LogP contribution is 2.29. The Morgan fingerprint density at radius 2 is 2.07 bits per heavy atom. The van der Waals surface area contributed by atoms with Gasteiger partial charge in [-0.05, 0) is 42.5 Å². The predicted octanol–water partition coefficient (Wildman–Crippen LogP) is 4.22. The van der Waals surface area contributed by atoms with E-state index in [1.165, 1.54) is 6.20 Å². The summed E-state index contributed by atoms with van der Waals surface area (Å²) in [7, 11) is 0. The molecule has 140 valence electrons. The number of ether oxygens (including phenoxy) is 2. The summed E-state index contributed by atoms with van der Waals surface area (Å²) in [6, 6.07) is 15.6. The van der Waals surface area contributed by atoms with Crippen molar-refractivity contribution in [2.45, 2.75) is 0 Å². The van der Waals surface area contributed by atoms with Gasteiger partial charge in [0.15, 0.2) is 6.61 Å². The second-order valence-corrected chi connectivity index (χ2v) is 6.86. The molecule has 0 bridgehead atoms. The van der Waals surface area contributed by atoms with Gasteiger partial charge in [-0.15, -0.1) is 0 Å². The topological polar surface area (TPSA) is 89.6 Å². The second-order valence-electron chi connectivity index (χ2n) is 5.95. The van der Waals surface area contributed by atoms with E-state index in [1.807, 2.05) is 24.3 Å². The number of nitrogens with one attached hydrogen (secondary N) is 2. The molecule has 0 saturated heterocycles. The number of rotatable bonds is 4. The average molecular weight is 440 g/mol. The summed E-state index contributed by atoms with van der Waals surface area (Å²) in [6.07, 6.45) is 1.51. The molecule has 1 aliphatic rings. The quantitative estimate of drug-likeness (QED) is 0.634. The molecule has 0 fully saturated rings. The third kappa shape index (κ3) is 4.12. The van der Waals surface area contributed by atoms with Gasteiger partial charge in [-0.1, -0.05) is 22.0 Å². The number of nitrogens with zero attached hydrogens (tertiary/aromatic N) is 1. The molecule has 0 saturated carbocycles. The maximum atomic E-state index is 12.5. The van der Waals surface area contributed by atoms with Crippen molar-refractivity contribution >= 4 is 39.1 Å². The number of benzene rings is 2. The van der Waals surface area contributed by atoms with Gasteiger partial charge in [-0.3, -0.25) is 9.59 Å². The third-order valence-corrected chi connectivity index (χ3v) is 4.38. The van der Waals surface area contributed by atoms with Crippen molar-refractivity contribution in [1.29, 1.82) is 0 Å². The van der Waals surface area contributed by atoms with Gasteiger partial charge in [0.1, 0.15) is 11.5 Å². The van der Waals surface area contributed by atoms with Crippen molar-refractivity contribution in [2.75, 3.05) is 17.2 Å². The number of hydrogen-bond donors (Lipinski definition) is 2. The number of aromatic nitrogens is 1. The summed E-state index contributed by atoms with van der Waals surface area (Å²) < 4.78 is 11.9. The molecule has 4 rings (SSSR count). The minimum atomic E-state index is -0.329. The molecule has 1 aromatic heterocycles. The molecule has 2 aromatic carbocycles. The van der Waals surface area contributed by atoms with Gasteiger partial charge in [-0.25, -0.2) is 4.98 Å². The first kappa shape index (κ1) is 18.0. The Hall–Kier alpha value is -3.39. The van der Waals surface area contributed by atoms with Crippen LogP contribution in [0.2, 0.25) is 0 Å². The Bertz CT molecular complexity index is 1050. The average Bonchev–Trinajstić information content (AvgIpc) is 2.69. The Morgan fingerprint density at radius 1 is 1.18 bits per heavy atom. The minimum absolute atomic E-state index is 0.0292. The number of pyridine rings is 1. The molecule has 0 aliphatic carbocycles. The molecule has 7 nitrogen and oxygen atoms in total. The molecular weight excluding hydrogens is 426 g/mol. The lowest BCUT2D eigenvalue weighted by Crippen LogP contribution is -2.25. The highest BCUT2D eigenvalue weighted by atomic mass is 79.9. The Balaban J connectivity index is 1.43. The van der Waals surface area contributed by atoms with Crippen molar-refractivity contribution in [3.05, 3.63) is 70.8 Å².